The van der Waals surface area contributed by atoms with Crippen LogP contribution in [0.4, 0.5) is 5.82 Å². The Bertz CT molecular complexity index is 849. The van der Waals surface area contributed by atoms with Gasteiger partial charge in [-0.15, -0.1) is 11.3 Å². The first kappa shape index (κ1) is 13.5. The molecule has 0 radical (unpaired) electrons. The lowest BCUT2D eigenvalue weighted by Gasteiger charge is -2.11. The van der Waals surface area contributed by atoms with Gasteiger partial charge in [-0.05, 0) is 50.3 Å². The molecule has 22 heavy (non-hydrogen) atoms. The fourth-order valence-electron chi connectivity index (χ4n) is 2.85. The Balaban J connectivity index is 1.66. The largest absolute Gasteiger partial charge is 0.460 e. The van der Waals surface area contributed by atoms with Crippen LogP contribution >= 0.6 is 11.3 Å². The molecule has 0 aromatic carbocycles. The molecule has 3 aromatic rings. The molecule has 0 amide bonds. The van der Waals surface area contributed by atoms with Gasteiger partial charge < -0.3 is 4.42 Å². The molecule has 1 aliphatic carbocycles. The lowest BCUT2D eigenvalue weighted by Crippen LogP contribution is -2.00. The van der Waals surface area contributed by atoms with Crippen LogP contribution in [0.2, 0.25) is 0 Å². The van der Waals surface area contributed by atoms with Crippen LogP contribution < -0.4 is 5.43 Å². The number of rotatable bonds is 3. The summed E-state index contributed by atoms with van der Waals surface area (Å²) in [7, 11) is 0. The van der Waals surface area contributed by atoms with Crippen LogP contribution in [0.5, 0.6) is 0 Å². The predicted molar refractivity (Wildman–Crippen MR) is 88.7 cm³/mol. The van der Waals surface area contributed by atoms with Crippen molar-refractivity contribution in [2.75, 3.05) is 5.43 Å². The SMILES string of the molecule is Cc1ccc(C=NNc2ncnc3sc4c(c23)CCCC4)o1. The standard InChI is InChI=1S/C16H16N4OS/c1-10-6-7-11(21-10)8-19-20-15-14-12-4-2-3-5-13(12)22-16(14)18-9-17-15/h6-9H,2-5H2,1H3,(H,17,18,20). The van der Waals surface area contributed by atoms with Crippen molar-refractivity contribution >= 4 is 33.6 Å². The van der Waals surface area contributed by atoms with Gasteiger partial charge in [0, 0.05) is 4.88 Å². The molecule has 3 aromatic heterocycles. The summed E-state index contributed by atoms with van der Waals surface area (Å²) in [5, 5.41) is 5.38. The lowest BCUT2D eigenvalue weighted by molar-refractivity contribution is 0.528. The summed E-state index contributed by atoms with van der Waals surface area (Å²) in [6, 6.07) is 3.81. The molecule has 5 nitrogen and oxygen atoms in total. The van der Waals surface area contributed by atoms with Crippen molar-refractivity contribution in [1.29, 1.82) is 0 Å². The Kier molecular flexibility index (Phi) is 3.38. The van der Waals surface area contributed by atoms with E-state index in [4.69, 9.17) is 4.42 Å². The highest BCUT2D eigenvalue weighted by Crippen LogP contribution is 2.38. The van der Waals surface area contributed by atoms with Crippen LogP contribution in [0.25, 0.3) is 10.2 Å². The summed E-state index contributed by atoms with van der Waals surface area (Å²) in [5.41, 5.74) is 4.45. The molecule has 0 unspecified atom stereocenters. The van der Waals surface area contributed by atoms with Crippen LogP contribution in [0.3, 0.4) is 0 Å². The third-order valence-corrected chi connectivity index (χ3v) is 5.07. The van der Waals surface area contributed by atoms with Gasteiger partial charge in [0.1, 0.15) is 22.7 Å². The van der Waals surface area contributed by atoms with Crippen molar-refractivity contribution < 1.29 is 4.42 Å². The van der Waals surface area contributed by atoms with E-state index in [2.05, 4.69) is 20.5 Å². The topological polar surface area (TPSA) is 63.3 Å². The van der Waals surface area contributed by atoms with Crippen LogP contribution in [0.1, 0.15) is 34.8 Å². The molecule has 4 rings (SSSR count). The van der Waals surface area contributed by atoms with E-state index in [0.29, 0.717) is 0 Å². The second kappa shape index (κ2) is 5.53. The van der Waals surface area contributed by atoms with E-state index in [-0.39, 0.29) is 0 Å². The number of hydrogen-bond donors (Lipinski definition) is 1. The Morgan fingerprint density at radius 3 is 3.05 bits per heavy atom. The van der Waals surface area contributed by atoms with Crippen molar-refractivity contribution in [3.63, 3.8) is 0 Å². The molecule has 6 heteroatoms. The number of furan rings is 1. The van der Waals surface area contributed by atoms with Crippen LogP contribution in [0, 0.1) is 6.92 Å². The fourth-order valence-corrected chi connectivity index (χ4v) is 4.08. The Morgan fingerprint density at radius 2 is 2.18 bits per heavy atom. The van der Waals surface area contributed by atoms with E-state index in [1.54, 1.807) is 23.9 Å². The summed E-state index contributed by atoms with van der Waals surface area (Å²) < 4.78 is 5.46. The smallest absolute Gasteiger partial charge is 0.158 e. The molecule has 0 spiro atoms. The summed E-state index contributed by atoms with van der Waals surface area (Å²) >= 11 is 1.79. The number of thiophene rings is 1. The van der Waals surface area contributed by atoms with Crippen LogP contribution in [-0.4, -0.2) is 16.2 Å². The molecule has 0 aliphatic heterocycles. The van der Waals surface area contributed by atoms with Gasteiger partial charge in [0.2, 0.25) is 0 Å². The maximum Gasteiger partial charge on any atom is 0.158 e. The van der Waals surface area contributed by atoms with Crippen molar-refractivity contribution in [3.05, 3.63) is 40.4 Å². The number of nitrogens with one attached hydrogen (secondary N) is 1. The quantitative estimate of drug-likeness (QED) is 0.588. The number of hydrogen-bond acceptors (Lipinski definition) is 6. The fraction of sp³-hybridized carbons (Fsp3) is 0.312. The lowest BCUT2D eigenvalue weighted by atomic mass is 9.97. The van der Waals surface area contributed by atoms with Crippen molar-refractivity contribution in [2.45, 2.75) is 32.6 Å². The molecular weight excluding hydrogens is 296 g/mol. The van der Waals surface area contributed by atoms with Gasteiger partial charge in [-0.3, -0.25) is 5.43 Å². The number of aromatic nitrogens is 2. The monoisotopic (exact) mass is 312 g/mol. The van der Waals surface area contributed by atoms with E-state index in [1.165, 1.54) is 23.3 Å². The summed E-state index contributed by atoms with van der Waals surface area (Å²) in [6.07, 6.45) is 8.04. The molecule has 0 saturated heterocycles. The normalized spacial score (nSPS) is 14.6. The predicted octanol–water partition coefficient (Wildman–Crippen LogP) is 3.92. The highest BCUT2D eigenvalue weighted by atomic mass is 32.1. The molecule has 1 aliphatic rings. The summed E-state index contributed by atoms with van der Waals surface area (Å²) in [6.45, 7) is 1.91. The zero-order valence-electron chi connectivity index (χ0n) is 12.3. The average Bonchev–Trinajstić information content (AvgIpc) is 3.11. The zero-order valence-corrected chi connectivity index (χ0v) is 13.1. The van der Waals surface area contributed by atoms with Gasteiger partial charge in [-0.1, -0.05) is 0 Å². The third kappa shape index (κ3) is 2.39. The molecular formula is C16H16N4OS. The maximum absolute atomic E-state index is 5.46. The van der Waals surface area contributed by atoms with Crippen molar-refractivity contribution in [2.24, 2.45) is 5.10 Å². The average molecular weight is 312 g/mol. The van der Waals surface area contributed by atoms with Crippen molar-refractivity contribution in [1.82, 2.24) is 9.97 Å². The first-order chi connectivity index (χ1) is 10.8. The minimum atomic E-state index is 0.725. The molecule has 1 N–H and O–H groups in total. The molecule has 112 valence electrons. The van der Waals surface area contributed by atoms with E-state index >= 15 is 0 Å². The Hall–Kier alpha value is -2.21. The summed E-state index contributed by atoms with van der Waals surface area (Å²) in [5.74, 6) is 2.38. The van der Waals surface area contributed by atoms with E-state index in [1.807, 2.05) is 19.1 Å². The number of fused-ring (bicyclic) bond motifs is 3. The van der Waals surface area contributed by atoms with Gasteiger partial charge >= 0.3 is 0 Å². The van der Waals surface area contributed by atoms with Gasteiger partial charge in [-0.2, -0.15) is 5.10 Å². The number of aryl methyl sites for hydroxylation is 3. The molecule has 0 bridgehead atoms. The molecule has 0 fully saturated rings. The van der Waals surface area contributed by atoms with E-state index < -0.39 is 0 Å². The molecule has 0 saturated carbocycles. The maximum atomic E-state index is 5.46. The third-order valence-electron chi connectivity index (χ3n) is 3.87. The van der Waals surface area contributed by atoms with Crippen LogP contribution in [-0.2, 0) is 12.8 Å². The summed E-state index contributed by atoms with van der Waals surface area (Å²) in [4.78, 5) is 11.3. The second-order valence-electron chi connectivity index (χ2n) is 5.43. The van der Waals surface area contributed by atoms with E-state index in [0.717, 1.165) is 40.4 Å². The van der Waals surface area contributed by atoms with E-state index in [9.17, 15) is 0 Å². The minimum absolute atomic E-state index is 0.725. The highest BCUT2D eigenvalue weighted by molar-refractivity contribution is 7.19. The van der Waals surface area contributed by atoms with Crippen molar-refractivity contribution in [3.8, 4) is 0 Å². The van der Waals surface area contributed by atoms with Gasteiger partial charge in [0.05, 0.1) is 11.6 Å². The molecule has 3 heterocycles. The molecule has 0 atom stereocenters. The first-order valence-corrected chi connectivity index (χ1v) is 8.23. The van der Waals surface area contributed by atoms with Gasteiger partial charge in [-0.25, -0.2) is 9.97 Å². The Morgan fingerprint density at radius 1 is 1.27 bits per heavy atom. The van der Waals surface area contributed by atoms with Gasteiger partial charge in [0.25, 0.3) is 0 Å². The number of nitrogens with zero attached hydrogens (tertiary/aromatic N) is 3. The minimum Gasteiger partial charge on any atom is -0.460 e. The van der Waals surface area contributed by atoms with Crippen LogP contribution in [0.15, 0.2) is 28.0 Å². The number of anilines is 1. The highest BCUT2D eigenvalue weighted by Gasteiger charge is 2.19. The zero-order chi connectivity index (χ0) is 14.9. The first-order valence-electron chi connectivity index (χ1n) is 7.42. The Labute approximate surface area is 132 Å². The number of hydrazone groups is 1. The van der Waals surface area contributed by atoms with Gasteiger partial charge in [0.15, 0.2) is 5.82 Å². The second-order valence-corrected chi connectivity index (χ2v) is 6.52.